The molecule has 4 rings (SSSR count). The smallest absolute Gasteiger partial charge is 0.224 e. The van der Waals surface area contributed by atoms with Crippen molar-refractivity contribution in [2.45, 2.75) is 39.0 Å². The lowest BCUT2D eigenvalue weighted by Gasteiger charge is -2.33. The van der Waals surface area contributed by atoms with Crippen molar-refractivity contribution in [1.29, 1.82) is 0 Å². The molecule has 2 N–H and O–H groups in total. The number of anilines is 3. The van der Waals surface area contributed by atoms with Crippen LogP contribution >= 0.6 is 0 Å². The molecular formula is C23H31N5O3. The van der Waals surface area contributed by atoms with Gasteiger partial charge in [0.1, 0.15) is 31.2 Å². The molecule has 3 heterocycles. The average Bonchev–Trinajstić information content (AvgIpc) is 2.82. The van der Waals surface area contributed by atoms with Gasteiger partial charge in [-0.1, -0.05) is 6.92 Å². The van der Waals surface area contributed by atoms with Gasteiger partial charge in [0.15, 0.2) is 11.5 Å². The average molecular weight is 426 g/mol. The van der Waals surface area contributed by atoms with Crippen LogP contribution in [0.4, 0.5) is 17.3 Å². The monoisotopic (exact) mass is 425 g/mol. The summed E-state index contributed by atoms with van der Waals surface area (Å²) in [7, 11) is 0. The third-order valence-corrected chi connectivity index (χ3v) is 5.66. The third kappa shape index (κ3) is 5.77. The van der Waals surface area contributed by atoms with E-state index >= 15 is 0 Å². The van der Waals surface area contributed by atoms with Gasteiger partial charge in [-0.25, -0.2) is 9.97 Å². The first-order valence-corrected chi connectivity index (χ1v) is 11.2. The van der Waals surface area contributed by atoms with Crippen molar-refractivity contribution in [3.8, 4) is 11.5 Å². The van der Waals surface area contributed by atoms with Crippen molar-refractivity contribution >= 4 is 23.2 Å². The molecule has 2 aliphatic rings. The van der Waals surface area contributed by atoms with Gasteiger partial charge in [0.2, 0.25) is 5.91 Å². The SMILES string of the molecule is CCCNc1cc(N2CCC[C@H](CCC(=O)Nc3ccc4c(c3)OCCO4)C2)ncn1. The van der Waals surface area contributed by atoms with Crippen LogP contribution in [0.1, 0.15) is 39.0 Å². The summed E-state index contributed by atoms with van der Waals surface area (Å²) in [5.41, 5.74) is 0.743. The molecule has 0 radical (unpaired) electrons. The van der Waals surface area contributed by atoms with Gasteiger partial charge in [-0.15, -0.1) is 0 Å². The number of aromatic nitrogens is 2. The van der Waals surface area contributed by atoms with Crippen molar-refractivity contribution in [2.24, 2.45) is 5.92 Å². The molecule has 8 heteroatoms. The van der Waals surface area contributed by atoms with Gasteiger partial charge in [0.25, 0.3) is 0 Å². The Morgan fingerprint density at radius 3 is 2.94 bits per heavy atom. The van der Waals surface area contributed by atoms with Gasteiger partial charge in [-0.2, -0.15) is 0 Å². The van der Waals surface area contributed by atoms with Crippen LogP contribution in [0.25, 0.3) is 0 Å². The minimum atomic E-state index is 0.0295. The second-order valence-electron chi connectivity index (χ2n) is 8.09. The van der Waals surface area contributed by atoms with Crippen LogP contribution in [0.5, 0.6) is 11.5 Å². The first kappa shape index (κ1) is 21.2. The standard InChI is InChI=1S/C23H31N5O3/c1-2-9-24-21-14-22(26-16-25-21)28-10-3-4-17(15-28)5-8-23(29)27-18-6-7-19-20(13-18)31-12-11-30-19/h6-7,13-14,16-17H,2-5,8-12,15H2,1H3,(H,27,29)(H,24,25,26)/t17-/m1/s1. The van der Waals surface area contributed by atoms with Crippen LogP contribution in [0.15, 0.2) is 30.6 Å². The molecular weight excluding hydrogens is 394 g/mol. The summed E-state index contributed by atoms with van der Waals surface area (Å²) in [6.07, 6.45) is 6.28. The molecule has 0 aliphatic carbocycles. The van der Waals surface area contributed by atoms with Crippen LogP contribution in [-0.2, 0) is 4.79 Å². The predicted octanol–water partition coefficient (Wildman–Crippen LogP) is 3.71. The molecule has 1 aromatic carbocycles. The first-order valence-electron chi connectivity index (χ1n) is 11.2. The Bertz CT molecular complexity index is 891. The van der Waals surface area contributed by atoms with Gasteiger partial charge < -0.3 is 25.0 Å². The number of piperidine rings is 1. The summed E-state index contributed by atoms with van der Waals surface area (Å²) in [6, 6.07) is 7.54. The second-order valence-corrected chi connectivity index (χ2v) is 8.09. The second kappa shape index (κ2) is 10.3. The number of hydrogen-bond donors (Lipinski definition) is 2. The lowest BCUT2D eigenvalue weighted by atomic mass is 9.93. The van der Waals surface area contributed by atoms with Crippen molar-refractivity contribution in [3.05, 3.63) is 30.6 Å². The van der Waals surface area contributed by atoms with Gasteiger partial charge in [0, 0.05) is 43.9 Å². The molecule has 0 unspecified atom stereocenters. The summed E-state index contributed by atoms with van der Waals surface area (Å²) in [4.78, 5) is 23.6. The number of carbonyl (C=O) groups is 1. The highest BCUT2D eigenvalue weighted by Crippen LogP contribution is 2.33. The highest BCUT2D eigenvalue weighted by molar-refractivity contribution is 5.91. The summed E-state index contributed by atoms with van der Waals surface area (Å²) in [5, 5.41) is 6.30. The lowest BCUT2D eigenvalue weighted by Crippen LogP contribution is -2.36. The lowest BCUT2D eigenvalue weighted by molar-refractivity contribution is -0.116. The van der Waals surface area contributed by atoms with Crippen molar-refractivity contribution in [2.75, 3.05) is 48.4 Å². The normalized spacial score (nSPS) is 17.8. The molecule has 0 bridgehead atoms. The van der Waals surface area contributed by atoms with Crippen LogP contribution in [0, 0.1) is 5.92 Å². The maximum Gasteiger partial charge on any atom is 0.224 e. The van der Waals surface area contributed by atoms with Crippen LogP contribution in [-0.4, -0.2) is 48.7 Å². The Balaban J connectivity index is 1.27. The number of nitrogens with one attached hydrogen (secondary N) is 2. The zero-order chi connectivity index (χ0) is 21.5. The Morgan fingerprint density at radius 1 is 1.19 bits per heavy atom. The fourth-order valence-electron chi connectivity index (χ4n) is 4.06. The molecule has 2 aliphatic heterocycles. The van der Waals surface area contributed by atoms with E-state index in [0.29, 0.717) is 31.3 Å². The van der Waals surface area contributed by atoms with Crippen molar-refractivity contribution in [3.63, 3.8) is 0 Å². The van der Waals surface area contributed by atoms with Gasteiger partial charge in [0.05, 0.1) is 0 Å². The maximum absolute atomic E-state index is 12.5. The molecule has 0 spiro atoms. The third-order valence-electron chi connectivity index (χ3n) is 5.66. The molecule has 2 aromatic rings. The van der Waals surface area contributed by atoms with Crippen molar-refractivity contribution in [1.82, 2.24) is 9.97 Å². The van der Waals surface area contributed by atoms with E-state index < -0.39 is 0 Å². The number of fused-ring (bicyclic) bond motifs is 1. The largest absolute Gasteiger partial charge is 0.486 e. The number of amides is 1. The summed E-state index contributed by atoms with van der Waals surface area (Å²) in [5.74, 6) is 3.74. The quantitative estimate of drug-likeness (QED) is 0.666. The molecule has 166 valence electrons. The molecule has 1 fully saturated rings. The zero-order valence-electron chi connectivity index (χ0n) is 18.1. The summed E-state index contributed by atoms with van der Waals surface area (Å²) < 4.78 is 11.1. The Kier molecular flexibility index (Phi) is 7.07. The minimum Gasteiger partial charge on any atom is -0.486 e. The molecule has 1 amide bonds. The molecule has 8 nitrogen and oxygen atoms in total. The maximum atomic E-state index is 12.5. The van der Waals surface area contributed by atoms with E-state index in [1.165, 1.54) is 0 Å². The Hall–Kier alpha value is -3.03. The molecule has 31 heavy (non-hydrogen) atoms. The molecule has 1 atom stereocenters. The van der Waals surface area contributed by atoms with E-state index in [1.807, 2.05) is 24.3 Å². The van der Waals surface area contributed by atoms with Gasteiger partial charge in [-0.3, -0.25) is 4.79 Å². The number of benzene rings is 1. The highest BCUT2D eigenvalue weighted by atomic mass is 16.6. The van der Waals surface area contributed by atoms with E-state index in [1.54, 1.807) is 6.33 Å². The first-order chi connectivity index (χ1) is 15.2. The topological polar surface area (TPSA) is 88.6 Å². The highest BCUT2D eigenvalue weighted by Gasteiger charge is 2.22. The fourth-order valence-corrected chi connectivity index (χ4v) is 4.06. The van der Waals surface area contributed by atoms with E-state index in [9.17, 15) is 4.79 Å². The van der Waals surface area contributed by atoms with Gasteiger partial charge in [-0.05, 0) is 43.7 Å². The Morgan fingerprint density at radius 2 is 2.06 bits per heavy atom. The summed E-state index contributed by atoms with van der Waals surface area (Å²) in [6.45, 7) is 6.03. The molecule has 1 saturated heterocycles. The van der Waals surface area contributed by atoms with E-state index in [-0.39, 0.29) is 5.91 Å². The zero-order valence-corrected chi connectivity index (χ0v) is 18.1. The fraction of sp³-hybridized carbons (Fsp3) is 0.522. The van der Waals surface area contributed by atoms with E-state index in [4.69, 9.17) is 9.47 Å². The van der Waals surface area contributed by atoms with Crippen LogP contribution < -0.4 is 25.0 Å². The molecule has 0 saturated carbocycles. The number of carbonyl (C=O) groups excluding carboxylic acids is 1. The van der Waals surface area contributed by atoms with E-state index in [2.05, 4.69) is 32.4 Å². The number of nitrogens with zero attached hydrogens (tertiary/aromatic N) is 3. The number of ether oxygens (including phenoxy) is 2. The minimum absolute atomic E-state index is 0.0295. The number of rotatable bonds is 8. The Labute approximate surface area is 183 Å². The van der Waals surface area contributed by atoms with Crippen LogP contribution in [0.3, 0.4) is 0 Å². The summed E-state index contributed by atoms with van der Waals surface area (Å²) >= 11 is 0. The number of hydrogen-bond acceptors (Lipinski definition) is 7. The molecule has 1 aromatic heterocycles. The predicted molar refractivity (Wildman–Crippen MR) is 121 cm³/mol. The van der Waals surface area contributed by atoms with Crippen LogP contribution in [0.2, 0.25) is 0 Å². The van der Waals surface area contributed by atoms with E-state index in [0.717, 1.165) is 68.4 Å². The van der Waals surface area contributed by atoms with Crippen molar-refractivity contribution < 1.29 is 14.3 Å². The van der Waals surface area contributed by atoms with Gasteiger partial charge >= 0.3 is 0 Å².